The highest BCUT2D eigenvalue weighted by molar-refractivity contribution is 6.31. The molecular weight excluding hydrogens is 324 g/mol. The van der Waals surface area contributed by atoms with E-state index in [4.69, 9.17) is 16.0 Å². The predicted molar refractivity (Wildman–Crippen MR) is 96.7 cm³/mol. The molecule has 4 nitrogen and oxygen atoms in total. The summed E-state index contributed by atoms with van der Waals surface area (Å²) < 4.78 is 5.43. The van der Waals surface area contributed by atoms with Gasteiger partial charge in [-0.1, -0.05) is 38.4 Å². The minimum absolute atomic E-state index is 0.0692. The summed E-state index contributed by atoms with van der Waals surface area (Å²) in [7, 11) is 0. The molecular formula is C19H19ClN2O2. The third-order valence-electron chi connectivity index (χ3n) is 4.08. The molecule has 0 saturated heterocycles. The fourth-order valence-corrected chi connectivity index (χ4v) is 3.17. The molecule has 0 unspecified atom stereocenters. The first-order valence-electron chi connectivity index (χ1n) is 7.75. The van der Waals surface area contributed by atoms with Crippen LogP contribution in [0.1, 0.15) is 37.5 Å². The summed E-state index contributed by atoms with van der Waals surface area (Å²) in [4.78, 5) is 20.8. The van der Waals surface area contributed by atoms with Crippen LogP contribution >= 0.6 is 11.6 Å². The van der Waals surface area contributed by atoms with E-state index < -0.39 is 5.63 Å². The summed E-state index contributed by atoms with van der Waals surface area (Å²) in [6.07, 6.45) is 3.16. The van der Waals surface area contributed by atoms with E-state index in [0.717, 1.165) is 22.3 Å². The molecule has 0 aliphatic carbocycles. The zero-order valence-corrected chi connectivity index (χ0v) is 15.2. The summed E-state index contributed by atoms with van der Waals surface area (Å²) in [6, 6.07) is 3.86. The van der Waals surface area contributed by atoms with Gasteiger partial charge in [0, 0.05) is 23.0 Å². The zero-order chi connectivity index (χ0) is 17.6. The minimum Gasteiger partial charge on any atom is -0.403 e. The van der Waals surface area contributed by atoms with Crippen molar-refractivity contribution in [3.05, 3.63) is 56.7 Å². The monoisotopic (exact) mass is 342 g/mol. The van der Waals surface area contributed by atoms with Crippen molar-refractivity contribution in [3.8, 4) is 11.5 Å². The summed E-state index contributed by atoms with van der Waals surface area (Å²) in [5.41, 5.74) is 3.66. The molecule has 2 aromatic heterocycles. The van der Waals surface area contributed by atoms with Crippen LogP contribution in [0.5, 0.6) is 0 Å². The van der Waals surface area contributed by atoms with Gasteiger partial charge in [-0.2, -0.15) is 0 Å². The Bertz CT molecular complexity index is 1000. The number of rotatable bonds is 1. The fraction of sp³-hybridized carbons (Fsp3) is 0.316. The number of halogens is 1. The largest absolute Gasteiger partial charge is 0.403 e. The molecule has 1 aromatic carbocycles. The number of pyridine rings is 1. The van der Waals surface area contributed by atoms with Crippen LogP contribution < -0.4 is 5.63 Å². The average molecular weight is 343 g/mol. The van der Waals surface area contributed by atoms with Gasteiger partial charge in [-0.05, 0) is 42.0 Å². The molecule has 0 aliphatic rings. The first kappa shape index (κ1) is 16.7. The Balaban J connectivity index is 2.27. The second kappa shape index (κ2) is 5.71. The SMILES string of the molecule is Cc1cc(C(C)(C)C)c(Cl)cc1-c1nc2c(C)cncc2c(=O)o1. The molecule has 3 aromatic rings. The van der Waals surface area contributed by atoms with Crippen molar-refractivity contribution in [2.24, 2.45) is 0 Å². The van der Waals surface area contributed by atoms with Crippen LogP contribution in [-0.2, 0) is 5.41 Å². The van der Waals surface area contributed by atoms with Gasteiger partial charge in [0.05, 0.1) is 5.52 Å². The van der Waals surface area contributed by atoms with E-state index in [1.165, 1.54) is 6.20 Å². The molecule has 0 spiro atoms. The minimum atomic E-state index is -0.443. The molecule has 124 valence electrons. The molecule has 0 fully saturated rings. The van der Waals surface area contributed by atoms with Crippen LogP contribution in [0, 0.1) is 13.8 Å². The Morgan fingerprint density at radius 3 is 2.46 bits per heavy atom. The van der Waals surface area contributed by atoms with Gasteiger partial charge in [0.1, 0.15) is 5.39 Å². The van der Waals surface area contributed by atoms with Gasteiger partial charge in [0.2, 0.25) is 5.89 Å². The number of aromatic nitrogens is 2. The number of nitrogens with zero attached hydrogens (tertiary/aromatic N) is 2. The Morgan fingerprint density at radius 2 is 1.79 bits per heavy atom. The van der Waals surface area contributed by atoms with Gasteiger partial charge < -0.3 is 4.42 Å². The van der Waals surface area contributed by atoms with Gasteiger partial charge in [0.15, 0.2) is 0 Å². The van der Waals surface area contributed by atoms with Crippen molar-refractivity contribution in [1.29, 1.82) is 0 Å². The Morgan fingerprint density at radius 1 is 1.08 bits per heavy atom. The molecule has 0 atom stereocenters. The van der Waals surface area contributed by atoms with Crippen molar-refractivity contribution < 1.29 is 4.42 Å². The molecule has 0 radical (unpaired) electrons. The number of hydrogen-bond acceptors (Lipinski definition) is 4. The quantitative estimate of drug-likeness (QED) is 0.636. The van der Waals surface area contributed by atoms with Crippen LogP contribution in [0.3, 0.4) is 0 Å². The Labute approximate surface area is 145 Å². The lowest BCUT2D eigenvalue weighted by Crippen LogP contribution is -2.12. The summed E-state index contributed by atoms with van der Waals surface area (Å²) >= 11 is 6.47. The van der Waals surface area contributed by atoms with E-state index in [1.54, 1.807) is 6.20 Å². The van der Waals surface area contributed by atoms with Gasteiger partial charge in [-0.15, -0.1) is 0 Å². The Kier molecular flexibility index (Phi) is 3.96. The lowest BCUT2D eigenvalue weighted by Gasteiger charge is -2.22. The highest BCUT2D eigenvalue weighted by atomic mass is 35.5. The van der Waals surface area contributed by atoms with Crippen molar-refractivity contribution in [2.45, 2.75) is 40.0 Å². The van der Waals surface area contributed by atoms with Crippen LogP contribution in [0.2, 0.25) is 5.02 Å². The van der Waals surface area contributed by atoms with Crippen molar-refractivity contribution in [1.82, 2.24) is 9.97 Å². The molecule has 0 N–H and O–H groups in total. The highest BCUT2D eigenvalue weighted by Crippen LogP contribution is 2.35. The molecule has 5 heteroatoms. The maximum Gasteiger partial charge on any atom is 0.348 e. The summed E-state index contributed by atoms with van der Waals surface area (Å²) in [6.45, 7) is 10.2. The van der Waals surface area contributed by atoms with E-state index >= 15 is 0 Å². The molecule has 0 bridgehead atoms. The summed E-state index contributed by atoms with van der Waals surface area (Å²) in [5.74, 6) is 0.279. The lowest BCUT2D eigenvalue weighted by atomic mass is 9.85. The lowest BCUT2D eigenvalue weighted by molar-refractivity contribution is 0.517. The van der Waals surface area contributed by atoms with Crippen LogP contribution in [-0.4, -0.2) is 9.97 Å². The smallest absolute Gasteiger partial charge is 0.348 e. The highest BCUT2D eigenvalue weighted by Gasteiger charge is 2.21. The number of fused-ring (bicyclic) bond motifs is 1. The Hall–Kier alpha value is -2.20. The number of benzene rings is 1. The van der Waals surface area contributed by atoms with Crippen LogP contribution in [0.4, 0.5) is 0 Å². The third kappa shape index (κ3) is 2.82. The van der Waals surface area contributed by atoms with Gasteiger partial charge in [0.25, 0.3) is 0 Å². The maximum atomic E-state index is 12.3. The third-order valence-corrected chi connectivity index (χ3v) is 4.39. The number of aryl methyl sites for hydroxylation is 2. The van der Waals surface area contributed by atoms with Gasteiger partial charge in [-0.3, -0.25) is 4.98 Å². The van der Waals surface area contributed by atoms with E-state index in [1.807, 2.05) is 26.0 Å². The molecule has 0 aliphatic heterocycles. The molecule has 24 heavy (non-hydrogen) atoms. The zero-order valence-electron chi connectivity index (χ0n) is 14.4. The van der Waals surface area contributed by atoms with Gasteiger partial charge in [-0.25, -0.2) is 9.78 Å². The maximum absolute atomic E-state index is 12.3. The van der Waals surface area contributed by atoms with E-state index in [-0.39, 0.29) is 11.3 Å². The van der Waals surface area contributed by atoms with Gasteiger partial charge >= 0.3 is 5.63 Å². The van der Waals surface area contributed by atoms with E-state index in [0.29, 0.717) is 15.9 Å². The first-order valence-corrected chi connectivity index (χ1v) is 8.12. The fourth-order valence-electron chi connectivity index (χ4n) is 2.73. The van der Waals surface area contributed by atoms with E-state index in [2.05, 4.69) is 30.7 Å². The number of hydrogen-bond donors (Lipinski definition) is 0. The van der Waals surface area contributed by atoms with Crippen molar-refractivity contribution in [2.75, 3.05) is 0 Å². The second-order valence-corrected chi connectivity index (χ2v) is 7.46. The average Bonchev–Trinajstić information content (AvgIpc) is 2.49. The van der Waals surface area contributed by atoms with Crippen molar-refractivity contribution in [3.63, 3.8) is 0 Å². The normalized spacial score (nSPS) is 11.9. The van der Waals surface area contributed by atoms with Crippen LogP contribution in [0.15, 0.2) is 33.7 Å². The molecule has 3 rings (SSSR count). The van der Waals surface area contributed by atoms with Crippen LogP contribution in [0.25, 0.3) is 22.4 Å². The molecule has 0 amide bonds. The van der Waals surface area contributed by atoms with E-state index in [9.17, 15) is 4.79 Å². The summed E-state index contributed by atoms with van der Waals surface area (Å²) in [5, 5.41) is 1.02. The standard InChI is InChI=1S/C19H19ClN2O2/c1-10-6-14(19(3,4)5)15(20)7-12(10)17-22-16-11(2)8-21-9-13(16)18(23)24-17/h6-9H,1-5H3. The second-order valence-electron chi connectivity index (χ2n) is 7.06. The first-order chi connectivity index (χ1) is 11.2. The molecule has 0 saturated carbocycles. The predicted octanol–water partition coefficient (Wildman–Crippen LogP) is 4.82. The van der Waals surface area contributed by atoms with Crippen molar-refractivity contribution >= 4 is 22.5 Å². The molecule has 2 heterocycles. The topological polar surface area (TPSA) is 56.0 Å².